The van der Waals surface area contributed by atoms with Crippen molar-refractivity contribution in [3.8, 4) is 0 Å². The number of halogens is 2. The van der Waals surface area contributed by atoms with E-state index in [9.17, 15) is 4.79 Å². The molecule has 0 aliphatic rings. The quantitative estimate of drug-likeness (QED) is 0.794. The number of benzene rings is 1. The van der Waals surface area contributed by atoms with Crippen LogP contribution < -0.4 is 5.32 Å². The van der Waals surface area contributed by atoms with Crippen molar-refractivity contribution < 1.29 is 4.79 Å². The molecule has 2 rings (SSSR count). The van der Waals surface area contributed by atoms with Gasteiger partial charge in [0.25, 0.3) is 5.91 Å². The number of anilines is 1. The SMILES string of the molecule is CCNc1ccc(Cl)cc1C(=O)N(C)Cc1cc(Br)cs1. The van der Waals surface area contributed by atoms with E-state index < -0.39 is 0 Å². The molecule has 0 saturated carbocycles. The predicted molar refractivity (Wildman–Crippen MR) is 93.4 cm³/mol. The van der Waals surface area contributed by atoms with Crippen LogP contribution in [0, 0.1) is 0 Å². The van der Waals surface area contributed by atoms with E-state index in [1.54, 1.807) is 35.4 Å². The minimum Gasteiger partial charge on any atom is -0.385 e. The standard InChI is InChI=1S/C15H16BrClN2OS/c1-3-18-14-5-4-11(17)7-13(14)15(20)19(2)8-12-6-10(16)9-21-12/h4-7,9,18H,3,8H2,1-2H3. The van der Waals surface area contributed by atoms with Gasteiger partial charge in [0.15, 0.2) is 0 Å². The largest absolute Gasteiger partial charge is 0.385 e. The molecule has 1 aromatic heterocycles. The summed E-state index contributed by atoms with van der Waals surface area (Å²) in [6.45, 7) is 3.33. The fourth-order valence-corrected chi connectivity index (χ4v) is 3.66. The normalized spacial score (nSPS) is 10.5. The number of nitrogens with one attached hydrogen (secondary N) is 1. The van der Waals surface area contributed by atoms with Crippen LogP contribution in [-0.2, 0) is 6.54 Å². The van der Waals surface area contributed by atoms with Crippen LogP contribution in [0.5, 0.6) is 0 Å². The molecule has 21 heavy (non-hydrogen) atoms. The molecule has 0 radical (unpaired) electrons. The van der Waals surface area contributed by atoms with Crippen LogP contribution in [0.25, 0.3) is 0 Å². The Morgan fingerprint density at radius 2 is 2.19 bits per heavy atom. The van der Waals surface area contributed by atoms with Crippen molar-refractivity contribution in [2.45, 2.75) is 13.5 Å². The summed E-state index contributed by atoms with van der Waals surface area (Å²) in [5, 5.41) is 5.77. The van der Waals surface area contributed by atoms with Crippen molar-refractivity contribution in [2.24, 2.45) is 0 Å². The van der Waals surface area contributed by atoms with Gasteiger partial charge in [-0.15, -0.1) is 11.3 Å². The summed E-state index contributed by atoms with van der Waals surface area (Å²) < 4.78 is 1.04. The van der Waals surface area contributed by atoms with Crippen LogP contribution in [-0.4, -0.2) is 24.4 Å². The fraction of sp³-hybridized carbons (Fsp3) is 0.267. The number of nitrogens with zero attached hydrogens (tertiary/aromatic N) is 1. The number of thiophene rings is 1. The van der Waals surface area contributed by atoms with E-state index >= 15 is 0 Å². The van der Waals surface area contributed by atoms with Gasteiger partial charge in [0.1, 0.15) is 0 Å². The first-order chi connectivity index (χ1) is 10.0. The molecule has 112 valence electrons. The summed E-state index contributed by atoms with van der Waals surface area (Å²) in [6, 6.07) is 7.36. The Balaban J connectivity index is 2.20. The molecular weight excluding hydrogens is 372 g/mol. The average Bonchev–Trinajstić information content (AvgIpc) is 2.85. The van der Waals surface area contributed by atoms with E-state index in [1.807, 2.05) is 24.4 Å². The molecule has 1 aromatic carbocycles. The van der Waals surface area contributed by atoms with Crippen molar-refractivity contribution in [1.82, 2.24) is 4.90 Å². The molecule has 1 heterocycles. The fourth-order valence-electron chi connectivity index (χ4n) is 1.99. The minimum absolute atomic E-state index is 0.0435. The highest BCUT2D eigenvalue weighted by atomic mass is 79.9. The lowest BCUT2D eigenvalue weighted by Gasteiger charge is -2.19. The predicted octanol–water partition coefficient (Wildman–Crippen LogP) is 4.87. The van der Waals surface area contributed by atoms with E-state index in [-0.39, 0.29) is 5.91 Å². The first-order valence-electron chi connectivity index (χ1n) is 6.53. The smallest absolute Gasteiger partial charge is 0.256 e. The van der Waals surface area contributed by atoms with Gasteiger partial charge in [-0.3, -0.25) is 4.79 Å². The van der Waals surface area contributed by atoms with Crippen molar-refractivity contribution in [2.75, 3.05) is 18.9 Å². The summed E-state index contributed by atoms with van der Waals surface area (Å²) in [4.78, 5) is 15.5. The van der Waals surface area contributed by atoms with E-state index in [1.165, 1.54) is 0 Å². The third kappa shape index (κ3) is 4.22. The molecule has 2 aromatic rings. The van der Waals surface area contributed by atoms with Gasteiger partial charge >= 0.3 is 0 Å². The second-order valence-electron chi connectivity index (χ2n) is 4.61. The van der Waals surface area contributed by atoms with Gasteiger partial charge in [-0.25, -0.2) is 0 Å². The Hall–Kier alpha value is -1.04. The molecule has 0 aliphatic heterocycles. The second-order valence-corrected chi connectivity index (χ2v) is 6.96. The summed E-state index contributed by atoms with van der Waals surface area (Å²) in [6.07, 6.45) is 0. The van der Waals surface area contributed by atoms with Crippen molar-refractivity contribution in [3.63, 3.8) is 0 Å². The molecule has 0 spiro atoms. The first-order valence-corrected chi connectivity index (χ1v) is 8.58. The topological polar surface area (TPSA) is 32.3 Å². The lowest BCUT2D eigenvalue weighted by Crippen LogP contribution is -2.26. The number of hydrogen-bond donors (Lipinski definition) is 1. The van der Waals surface area contributed by atoms with Gasteiger partial charge in [0.2, 0.25) is 0 Å². The molecule has 1 amide bonds. The van der Waals surface area contributed by atoms with Gasteiger partial charge in [-0.2, -0.15) is 0 Å². The third-order valence-electron chi connectivity index (χ3n) is 2.94. The van der Waals surface area contributed by atoms with Crippen LogP contribution in [0.2, 0.25) is 5.02 Å². The zero-order valence-electron chi connectivity index (χ0n) is 11.8. The van der Waals surface area contributed by atoms with Crippen LogP contribution >= 0.6 is 38.9 Å². The number of carbonyl (C=O) groups excluding carboxylic acids is 1. The van der Waals surface area contributed by atoms with Crippen LogP contribution in [0.3, 0.4) is 0 Å². The number of hydrogen-bond acceptors (Lipinski definition) is 3. The monoisotopic (exact) mass is 386 g/mol. The number of rotatable bonds is 5. The lowest BCUT2D eigenvalue weighted by atomic mass is 10.1. The van der Waals surface area contributed by atoms with Crippen molar-refractivity contribution in [3.05, 3.63) is 49.6 Å². The van der Waals surface area contributed by atoms with Crippen LogP contribution in [0.4, 0.5) is 5.69 Å². The molecule has 0 unspecified atom stereocenters. The first kappa shape index (κ1) is 16.3. The molecule has 0 fully saturated rings. The molecule has 1 N–H and O–H groups in total. The lowest BCUT2D eigenvalue weighted by molar-refractivity contribution is 0.0787. The van der Waals surface area contributed by atoms with Gasteiger partial charge < -0.3 is 10.2 Å². The highest BCUT2D eigenvalue weighted by molar-refractivity contribution is 9.10. The Morgan fingerprint density at radius 3 is 2.81 bits per heavy atom. The molecule has 3 nitrogen and oxygen atoms in total. The maximum atomic E-state index is 12.6. The third-order valence-corrected chi connectivity index (χ3v) is 4.86. The highest BCUT2D eigenvalue weighted by Crippen LogP contribution is 2.24. The Kier molecular flexibility index (Phi) is 5.67. The zero-order valence-corrected chi connectivity index (χ0v) is 15.0. The molecule has 0 aliphatic carbocycles. The minimum atomic E-state index is -0.0435. The molecule has 0 saturated heterocycles. The van der Waals surface area contributed by atoms with Gasteiger partial charge in [-0.05, 0) is 47.1 Å². The van der Waals surface area contributed by atoms with E-state index in [2.05, 4.69) is 21.2 Å². The summed E-state index contributed by atoms with van der Waals surface area (Å²) in [7, 11) is 1.80. The van der Waals surface area contributed by atoms with E-state index in [4.69, 9.17) is 11.6 Å². The average molecular weight is 388 g/mol. The van der Waals surface area contributed by atoms with Gasteiger partial charge in [0, 0.05) is 39.0 Å². The maximum absolute atomic E-state index is 12.6. The molecule has 0 bridgehead atoms. The summed E-state index contributed by atoms with van der Waals surface area (Å²) in [5.41, 5.74) is 1.41. The van der Waals surface area contributed by atoms with Crippen molar-refractivity contribution in [1.29, 1.82) is 0 Å². The van der Waals surface area contributed by atoms with E-state index in [0.717, 1.165) is 21.6 Å². The number of carbonyl (C=O) groups is 1. The van der Waals surface area contributed by atoms with Gasteiger partial charge in [0.05, 0.1) is 12.1 Å². The molecule has 0 atom stereocenters. The van der Waals surface area contributed by atoms with Gasteiger partial charge in [-0.1, -0.05) is 11.6 Å². The van der Waals surface area contributed by atoms with Crippen molar-refractivity contribution >= 4 is 50.5 Å². The number of amides is 1. The van der Waals surface area contributed by atoms with E-state index in [0.29, 0.717) is 17.1 Å². The zero-order chi connectivity index (χ0) is 15.4. The molecule has 6 heteroatoms. The van der Waals surface area contributed by atoms with Crippen LogP contribution in [0.15, 0.2) is 34.1 Å². The Bertz CT molecular complexity index is 644. The second kappa shape index (κ2) is 7.29. The summed E-state index contributed by atoms with van der Waals surface area (Å²) >= 11 is 11.1. The Labute approximate surface area is 142 Å². The van der Waals surface area contributed by atoms with Crippen LogP contribution in [0.1, 0.15) is 22.2 Å². The molecular formula is C15H16BrClN2OS. The summed E-state index contributed by atoms with van der Waals surface area (Å²) in [5.74, 6) is -0.0435. The Morgan fingerprint density at radius 1 is 1.43 bits per heavy atom. The highest BCUT2D eigenvalue weighted by Gasteiger charge is 2.17. The maximum Gasteiger partial charge on any atom is 0.256 e.